The summed E-state index contributed by atoms with van der Waals surface area (Å²) in [5.41, 5.74) is 6.16. The van der Waals surface area contributed by atoms with Gasteiger partial charge in [0.05, 0.1) is 0 Å². The van der Waals surface area contributed by atoms with Crippen molar-refractivity contribution in [1.29, 1.82) is 0 Å². The summed E-state index contributed by atoms with van der Waals surface area (Å²) >= 11 is 0. The van der Waals surface area contributed by atoms with Gasteiger partial charge >= 0.3 is 0 Å². The van der Waals surface area contributed by atoms with Gasteiger partial charge in [-0.2, -0.15) is 0 Å². The summed E-state index contributed by atoms with van der Waals surface area (Å²) in [5.74, 6) is 0.969. The lowest BCUT2D eigenvalue weighted by atomic mass is 9.78. The second kappa shape index (κ2) is 5.38. The van der Waals surface area contributed by atoms with Crippen molar-refractivity contribution in [2.24, 2.45) is 23.0 Å². The van der Waals surface area contributed by atoms with Crippen molar-refractivity contribution < 1.29 is 4.79 Å². The molecule has 100 valence electrons. The van der Waals surface area contributed by atoms with Crippen LogP contribution >= 0.6 is 0 Å². The first-order chi connectivity index (χ1) is 7.70. The zero-order chi connectivity index (χ0) is 13.2. The minimum absolute atomic E-state index is 0.168. The molecule has 3 atom stereocenters. The van der Waals surface area contributed by atoms with Crippen LogP contribution in [-0.2, 0) is 4.79 Å². The van der Waals surface area contributed by atoms with Crippen molar-refractivity contribution in [3.63, 3.8) is 0 Å². The van der Waals surface area contributed by atoms with Crippen molar-refractivity contribution in [2.45, 2.75) is 53.0 Å². The summed E-state index contributed by atoms with van der Waals surface area (Å²) in [6.07, 6.45) is 2.90. The molecular weight excluding hydrogens is 212 g/mol. The Labute approximate surface area is 106 Å². The van der Waals surface area contributed by atoms with Crippen LogP contribution in [0.15, 0.2) is 0 Å². The van der Waals surface area contributed by atoms with E-state index in [0.717, 1.165) is 25.8 Å². The maximum atomic E-state index is 12.3. The maximum absolute atomic E-state index is 12.3. The molecule has 0 aromatic carbocycles. The third kappa shape index (κ3) is 4.30. The first kappa shape index (κ1) is 14.5. The average molecular weight is 240 g/mol. The SMILES string of the molecule is CC1CC(C(=O)N(C)CC(C)(C)C)CCC1N. The molecule has 0 aromatic rings. The van der Waals surface area contributed by atoms with E-state index < -0.39 is 0 Å². The molecule has 0 bridgehead atoms. The number of nitrogens with zero attached hydrogens (tertiary/aromatic N) is 1. The normalized spacial score (nSPS) is 30.1. The van der Waals surface area contributed by atoms with Gasteiger partial charge in [0.25, 0.3) is 0 Å². The number of carbonyl (C=O) groups is 1. The monoisotopic (exact) mass is 240 g/mol. The standard InChI is InChI=1S/C14H28N2O/c1-10-8-11(6-7-12(10)15)13(17)16(5)9-14(2,3)4/h10-12H,6-9,15H2,1-5H3. The first-order valence-electron chi connectivity index (χ1n) is 6.71. The molecule has 3 unspecified atom stereocenters. The zero-order valence-corrected chi connectivity index (χ0v) is 12.0. The summed E-state index contributed by atoms with van der Waals surface area (Å²) in [5, 5.41) is 0. The molecular formula is C14H28N2O. The highest BCUT2D eigenvalue weighted by molar-refractivity contribution is 5.78. The molecule has 1 rings (SSSR count). The molecule has 17 heavy (non-hydrogen) atoms. The van der Waals surface area contributed by atoms with Crippen LogP contribution in [0, 0.1) is 17.3 Å². The van der Waals surface area contributed by atoms with E-state index in [0.29, 0.717) is 11.8 Å². The van der Waals surface area contributed by atoms with Crippen LogP contribution in [0.3, 0.4) is 0 Å². The topological polar surface area (TPSA) is 46.3 Å². The van der Waals surface area contributed by atoms with Gasteiger partial charge < -0.3 is 10.6 Å². The fraction of sp³-hybridized carbons (Fsp3) is 0.929. The van der Waals surface area contributed by atoms with Gasteiger partial charge in [-0.05, 0) is 30.6 Å². The molecule has 2 N–H and O–H groups in total. The molecule has 0 radical (unpaired) electrons. The molecule has 0 saturated heterocycles. The third-order valence-corrected chi connectivity index (χ3v) is 3.67. The van der Waals surface area contributed by atoms with E-state index in [9.17, 15) is 4.79 Å². The van der Waals surface area contributed by atoms with Crippen LogP contribution < -0.4 is 5.73 Å². The van der Waals surface area contributed by atoms with Crippen LogP contribution in [0.2, 0.25) is 0 Å². The number of rotatable bonds is 2. The Kier molecular flexibility index (Phi) is 4.59. The molecule has 0 heterocycles. The molecule has 1 saturated carbocycles. The molecule has 1 fully saturated rings. The largest absolute Gasteiger partial charge is 0.345 e. The Morgan fingerprint density at radius 1 is 1.35 bits per heavy atom. The molecule has 0 aliphatic heterocycles. The van der Waals surface area contributed by atoms with Crippen molar-refractivity contribution in [3.8, 4) is 0 Å². The second-order valence-corrected chi connectivity index (χ2v) is 6.91. The lowest BCUT2D eigenvalue weighted by Crippen LogP contribution is -2.43. The smallest absolute Gasteiger partial charge is 0.225 e. The van der Waals surface area contributed by atoms with E-state index in [1.165, 1.54) is 0 Å². The Bertz CT molecular complexity index is 270. The molecule has 1 aliphatic carbocycles. The van der Waals surface area contributed by atoms with Crippen LogP contribution in [-0.4, -0.2) is 30.4 Å². The van der Waals surface area contributed by atoms with Gasteiger partial charge in [-0.3, -0.25) is 4.79 Å². The summed E-state index contributed by atoms with van der Waals surface area (Å²) < 4.78 is 0. The summed E-state index contributed by atoms with van der Waals surface area (Å²) in [4.78, 5) is 14.2. The summed E-state index contributed by atoms with van der Waals surface area (Å²) in [6.45, 7) is 9.47. The molecule has 0 aromatic heterocycles. The van der Waals surface area contributed by atoms with E-state index in [-0.39, 0.29) is 17.4 Å². The third-order valence-electron chi connectivity index (χ3n) is 3.67. The van der Waals surface area contributed by atoms with Crippen molar-refractivity contribution in [2.75, 3.05) is 13.6 Å². The van der Waals surface area contributed by atoms with Gasteiger partial charge in [-0.25, -0.2) is 0 Å². The van der Waals surface area contributed by atoms with Crippen LogP contribution in [0.5, 0.6) is 0 Å². The fourth-order valence-electron chi connectivity index (χ4n) is 2.74. The minimum Gasteiger partial charge on any atom is -0.345 e. The minimum atomic E-state index is 0.168. The highest BCUT2D eigenvalue weighted by Crippen LogP contribution is 2.29. The maximum Gasteiger partial charge on any atom is 0.225 e. The Balaban J connectivity index is 2.53. The summed E-state index contributed by atoms with van der Waals surface area (Å²) in [6, 6.07) is 0.284. The van der Waals surface area contributed by atoms with Crippen LogP contribution in [0.1, 0.15) is 47.0 Å². The predicted octanol–water partition coefficient (Wildman–Crippen LogP) is 2.25. The Morgan fingerprint density at radius 3 is 2.41 bits per heavy atom. The van der Waals surface area contributed by atoms with Gasteiger partial charge in [-0.15, -0.1) is 0 Å². The number of amides is 1. The van der Waals surface area contributed by atoms with E-state index >= 15 is 0 Å². The number of nitrogens with two attached hydrogens (primary N) is 1. The van der Waals surface area contributed by atoms with E-state index in [1.807, 2.05) is 11.9 Å². The lowest BCUT2D eigenvalue weighted by Gasteiger charge is -2.35. The summed E-state index contributed by atoms with van der Waals surface area (Å²) in [7, 11) is 1.92. The second-order valence-electron chi connectivity index (χ2n) is 6.91. The van der Waals surface area contributed by atoms with Crippen molar-refractivity contribution >= 4 is 5.91 Å². The van der Waals surface area contributed by atoms with Gasteiger partial charge in [0.15, 0.2) is 0 Å². The molecule has 3 nitrogen and oxygen atoms in total. The molecule has 0 spiro atoms. The Hall–Kier alpha value is -0.570. The zero-order valence-electron chi connectivity index (χ0n) is 12.0. The highest BCUT2D eigenvalue weighted by Gasteiger charge is 2.31. The predicted molar refractivity (Wildman–Crippen MR) is 71.6 cm³/mol. The number of hydrogen-bond donors (Lipinski definition) is 1. The van der Waals surface area contributed by atoms with Gasteiger partial charge in [0, 0.05) is 25.6 Å². The van der Waals surface area contributed by atoms with Crippen molar-refractivity contribution in [1.82, 2.24) is 4.90 Å². The first-order valence-corrected chi connectivity index (χ1v) is 6.71. The van der Waals surface area contributed by atoms with Crippen LogP contribution in [0.4, 0.5) is 0 Å². The fourth-order valence-corrected chi connectivity index (χ4v) is 2.74. The van der Waals surface area contributed by atoms with Gasteiger partial charge in [0.2, 0.25) is 5.91 Å². The molecule has 1 amide bonds. The van der Waals surface area contributed by atoms with Gasteiger partial charge in [0.1, 0.15) is 0 Å². The quantitative estimate of drug-likeness (QED) is 0.804. The molecule has 1 aliphatic rings. The molecule has 3 heteroatoms. The highest BCUT2D eigenvalue weighted by atomic mass is 16.2. The Morgan fingerprint density at radius 2 is 1.94 bits per heavy atom. The van der Waals surface area contributed by atoms with E-state index in [4.69, 9.17) is 5.73 Å². The number of hydrogen-bond acceptors (Lipinski definition) is 2. The van der Waals surface area contributed by atoms with Gasteiger partial charge in [-0.1, -0.05) is 27.7 Å². The van der Waals surface area contributed by atoms with Crippen LogP contribution in [0.25, 0.3) is 0 Å². The number of carbonyl (C=O) groups excluding carboxylic acids is 1. The lowest BCUT2D eigenvalue weighted by molar-refractivity contribution is -0.137. The average Bonchev–Trinajstić information content (AvgIpc) is 2.18. The van der Waals surface area contributed by atoms with Crippen molar-refractivity contribution in [3.05, 3.63) is 0 Å². The van der Waals surface area contributed by atoms with E-state index in [1.54, 1.807) is 0 Å². The van der Waals surface area contributed by atoms with E-state index in [2.05, 4.69) is 27.7 Å².